The van der Waals surface area contributed by atoms with E-state index in [0.717, 1.165) is 23.2 Å². The van der Waals surface area contributed by atoms with E-state index in [2.05, 4.69) is 12.2 Å². The van der Waals surface area contributed by atoms with Crippen LogP contribution in [-0.4, -0.2) is 21.0 Å². The van der Waals surface area contributed by atoms with Crippen LogP contribution in [0.1, 0.15) is 25.0 Å². The second kappa shape index (κ2) is 6.34. The maximum absolute atomic E-state index is 13.1. The van der Waals surface area contributed by atoms with Crippen molar-refractivity contribution in [3.05, 3.63) is 59.7 Å². The third kappa shape index (κ3) is 3.12. The van der Waals surface area contributed by atoms with Crippen molar-refractivity contribution in [2.45, 2.75) is 37.8 Å². The molecule has 0 radical (unpaired) electrons. The summed E-state index contributed by atoms with van der Waals surface area (Å²) < 4.78 is 27.8. The van der Waals surface area contributed by atoms with Crippen LogP contribution in [0.5, 0.6) is 0 Å². The summed E-state index contributed by atoms with van der Waals surface area (Å²) in [7, 11) is -3.56. The average Bonchev–Trinajstić information content (AvgIpc) is 2.75. The van der Waals surface area contributed by atoms with E-state index in [9.17, 15) is 8.42 Å². The van der Waals surface area contributed by atoms with Crippen LogP contribution < -0.4 is 9.62 Å². The zero-order valence-electron chi connectivity index (χ0n) is 13.5. The van der Waals surface area contributed by atoms with E-state index in [1.807, 2.05) is 43.3 Å². The molecule has 2 aromatic rings. The molecule has 0 spiro atoms. The molecule has 122 valence electrons. The molecular formula is C18H22N2O2S. The van der Waals surface area contributed by atoms with Gasteiger partial charge in [0.25, 0.3) is 10.0 Å². The van der Waals surface area contributed by atoms with Gasteiger partial charge in [0, 0.05) is 19.1 Å². The fraction of sp³-hybridized carbons (Fsp3) is 0.333. The molecule has 4 nitrogen and oxygen atoms in total. The van der Waals surface area contributed by atoms with Crippen LogP contribution >= 0.6 is 0 Å². The molecule has 0 aliphatic carbocycles. The predicted octanol–water partition coefficient (Wildman–Crippen LogP) is 2.94. The molecule has 23 heavy (non-hydrogen) atoms. The first-order chi connectivity index (χ1) is 11.0. The molecule has 0 saturated carbocycles. The number of hydrogen-bond acceptors (Lipinski definition) is 3. The summed E-state index contributed by atoms with van der Waals surface area (Å²) in [5.74, 6) is 0. The molecule has 0 amide bonds. The fourth-order valence-electron chi connectivity index (χ4n) is 2.85. The smallest absolute Gasteiger partial charge is 0.264 e. The summed E-state index contributed by atoms with van der Waals surface area (Å²) in [4.78, 5) is 0.346. The van der Waals surface area contributed by atoms with Crippen LogP contribution in [0, 0.1) is 0 Å². The molecule has 0 aromatic heterocycles. The van der Waals surface area contributed by atoms with E-state index in [1.165, 1.54) is 4.31 Å². The quantitative estimate of drug-likeness (QED) is 0.941. The Morgan fingerprint density at radius 2 is 1.83 bits per heavy atom. The number of fused-ring (bicyclic) bond motifs is 1. The summed E-state index contributed by atoms with van der Waals surface area (Å²) in [6.45, 7) is 5.17. The number of sulfonamides is 1. The minimum Gasteiger partial charge on any atom is -0.308 e. The summed E-state index contributed by atoms with van der Waals surface area (Å²) in [6, 6.07) is 15.0. The van der Waals surface area contributed by atoms with Gasteiger partial charge in [-0.2, -0.15) is 0 Å². The van der Waals surface area contributed by atoms with E-state index in [4.69, 9.17) is 0 Å². The lowest BCUT2D eigenvalue weighted by Gasteiger charge is -2.26. The van der Waals surface area contributed by atoms with E-state index >= 15 is 0 Å². The second-order valence-corrected chi connectivity index (χ2v) is 7.81. The Labute approximate surface area is 138 Å². The van der Waals surface area contributed by atoms with Gasteiger partial charge >= 0.3 is 0 Å². The first-order valence-corrected chi connectivity index (χ1v) is 9.39. The maximum Gasteiger partial charge on any atom is 0.264 e. The van der Waals surface area contributed by atoms with Crippen molar-refractivity contribution in [1.82, 2.24) is 5.32 Å². The summed E-state index contributed by atoms with van der Waals surface area (Å²) >= 11 is 0. The van der Waals surface area contributed by atoms with Crippen molar-refractivity contribution in [1.29, 1.82) is 0 Å². The number of aryl methyl sites for hydroxylation is 1. The Hall–Kier alpha value is -1.85. The van der Waals surface area contributed by atoms with Gasteiger partial charge in [-0.3, -0.25) is 4.31 Å². The van der Waals surface area contributed by atoms with Gasteiger partial charge < -0.3 is 5.32 Å². The standard InChI is InChI=1S/C18H22N2O2S/c1-3-15-8-10-17(11-9-15)23(21,22)20-13-14(2)19-12-16-6-4-5-7-18(16)20/h4-11,14,19H,3,12-13H2,1-2H3. The zero-order chi connectivity index (χ0) is 16.4. The molecule has 5 heteroatoms. The number of benzene rings is 2. The maximum atomic E-state index is 13.1. The number of nitrogens with zero attached hydrogens (tertiary/aromatic N) is 1. The van der Waals surface area contributed by atoms with Crippen molar-refractivity contribution in [2.24, 2.45) is 0 Å². The van der Waals surface area contributed by atoms with Crippen LogP contribution in [0.25, 0.3) is 0 Å². The highest BCUT2D eigenvalue weighted by atomic mass is 32.2. The third-order valence-electron chi connectivity index (χ3n) is 4.26. The Kier molecular flexibility index (Phi) is 4.41. The predicted molar refractivity (Wildman–Crippen MR) is 93.1 cm³/mol. The minimum absolute atomic E-state index is 0.0899. The Balaban J connectivity index is 2.06. The molecule has 1 aliphatic heterocycles. The number of hydrogen-bond donors (Lipinski definition) is 1. The van der Waals surface area contributed by atoms with Crippen molar-refractivity contribution in [3.63, 3.8) is 0 Å². The molecule has 0 bridgehead atoms. The van der Waals surface area contributed by atoms with Crippen LogP contribution in [0.2, 0.25) is 0 Å². The molecule has 0 saturated heterocycles. The van der Waals surface area contributed by atoms with Gasteiger partial charge in [0.05, 0.1) is 10.6 Å². The van der Waals surface area contributed by atoms with E-state index in [0.29, 0.717) is 18.0 Å². The van der Waals surface area contributed by atoms with Gasteiger partial charge in [0.2, 0.25) is 0 Å². The highest BCUT2D eigenvalue weighted by Crippen LogP contribution is 2.29. The monoisotopic (exact) mass is 330 g/mol. The van der Waals surface area contributed by atoms with E-state index < -0.39 is 10.0 Å². The number of para-hydroxylation sites is 1. The lowest BCUT2D eigenvalue weighted by molar-refractivity contribution is 0.556. The minimum atomic E-state index is -3.56. The number of nitrogens with one attached hydrogen (secondary N) is 1. The topological polar surface area (TPSA) is 49.4 Å². The highest BCUT2D eigenvalue weighted by molar-refractivity contribution is 7.92. The van der Waals surface area contributed by atoms with E-state index in [1.54, 1.807) is 12.1 Å². The Morgan fingerprint density at radius 3 is 2.52 bits per heavy atom. The van der Waals surface area contributed by atoms with E-state index in [-0.39, 0.29) is 6.04 Å². The molecule has 1 heterocycles. The first kappa shape index (κ1) is 16.0. The van der Waals surface area contributed by atoms with Gasteiger partial charge in [0.1, 0.15) is 0 Å². The average molecular weight is 330 g/mol. The number of rotatable bonds is 3. The van der Waals surface area contributed by atoms with Crippen LogP contribution in [0.3, 0.4) is 0 Å². The second-order valence-electron chi connectivity index (χ2n) is 5.94. The van der Waals surface area contributed by atoms with Gasteiger partial charge in [-0.1, -0.05) is 37.3 Å². The Morgan fingerprint density at radius 1 is 1.13 bits per heavy atom. The van der Waals surface area contributed by atoms with Crippen LogP contribution in [0.4, 0.5) is 5.69 Å². The lowest BCUT2D eigenvalue weighted by Crippen LogP contribution is -2.39. The van der Waals surface area contributed by atoms with Gasteiger partial charge in [0.15, 0.2) is 0 Å². The van der Waals surface area contributed by atoms with Crippen molar-refractivity contribution in [2.75, 3.05) is 10.8 Å². The molecule has 1 aliphatic rings. The number of anilines is 1. The van der Waals surface area contributed by atoms with Gasteiger partial charge in [-0.25, -0.2) is 8.42 Å². The molecule has 0 fully saturated rings. The molecule has 1 N–H and O–H groups in total. The third-order valence-corrected chi connectivity index (χ3v) is 6.05. The highest BCUT2D eigenvalue weighted by Gasteiger charge is 2.29. The van der Waals surface area contributed by atoms with Crippen molar-refractivity contribution in [3.8, 4) is 0 Å². The first-order valence-electron chi connectivity index (χ1n) is 7.95. The zero-order valence-corrected chi connectivity index (χ0v) is 14.3. The fourth-order valence-corrected chi connectivity index (χ4v) is 4.44. The summed E-state index contributed by atoms with van der Waals surface area (Å²) in [5.41, 5.74) is 2.91. The Bertz CT molecular complexity index is 785. The summed E-state index contributed by atoms with van der Waals surface area (Å²) in [5, 5.41) is 3.37. The molecule has 3 rings (SSSR count). The van der Waals surface area contributed by atoms with Gasteiger partial charge in [-0.05, 0) is 42.7 Å². The van der Waals surface area contributed by atoms with Crippen molar-refractivity contribution >= 4 is 15.7 Å². The molecule has 2 aromatic carbocycles. The molecule has 1 unspecified atom stereocenters. The van der Waals surface area contributed by atoms with Crippen LogP contribution in [0.15, 0.2) is 53.4 Å². The normalized spacial score (nSPS) is 18.3. The largest absolute Gasteiger partial charge is 0.308 e. The van der Waals surface area contributed by atoms with Crippen molar-refractivity contribution < 1.29 is 8.42 Å². The molecule has 1 atom stereocenters. The SMILES string of the molecule is CCc1ccc(S(=O)(=O)N2CC(C)NCc3ccccc32)cc1. The van der Waals surface area contributed by atoms with Crippen LogP contribution in [-0.2, 0) is 23.0 Å². The lowest BCUT2D eigenvalue weighted by atomic mass is 10.2. The summed E-state index contributed by atoms with van der Waals surface area (Å²) in [6.07, 6.45) is 0.897. The molecular weight excluding hydrogens is 308 g/mol. The van der Waals surface area contributed by atoms with Gasteiger partial charge in [-0.15, -0.1) is 0 Å².